The maximum absolute atomic E-state index is 9.24. The molecule has 0 bridgehead atoms. The molecule has 0 saturated carbocycles. The van der Waals surface area contributed by atoms with Crippen molar-refractivity contribution >= 4 is 38.6 Å². The Hall–Kier alpha value is -2.32. The third-order valence-electron chi connectivity index (χ3n) is 2.65. The summed E-state index contributed by atoms with van der Waals surface area (Å²) in [5.74, 6) is 1.14. The van der Waals surface area contributed by atoms with Gasteiger partial charge in [0, 0.05) is 6.08 Å². The van der Waals surface area contributed by atoms with Crippen LogP contribution in [-0.2, 0) is 0 Å². The number of fused-ring (bicyclic) bond motifs is 1. The number of aromatic amines is 1. The van der Waals surface area contributed by atoms with Gasteiger partial charge < -0.3 is 9.40 Å². The van der Waals surface area contributed by atoms with E-state index in [1.165, 1.54) is 0 Å². The van der Waals surface area contributed by atoms with E-state index in [-0.39, 0.29) is 0 Å². The fourth-order valence-electron chi connectivity index (χ4n) is 1.78. The molecule has 0 unspecified atom stereocenters. The first-order valence-corrected chi connectivity index (χ1v) is 6.38. The van der Waals surface area contributed by atoms with Gasteiger partial charge in [-0.15, -0.1) is 0 Å². The van der Waals surface area contributed by atoms with Crippen molar-refractivity contribution in [3.05, 3.63) is 52.7 Å². The van der Waals surface area contributed by atoms with Crippen LogP contribution in [-0.4, -0.2) is 9.97 Å². The van der Waals surface area contributed by atoms with E-state index in [1.54, 1.807) is 18.2 Å². The second kappa shape index (κ2) is 4.75. The van der Waals surface area contributed by atoms with Crippen LogP contribution in [0.15, 0.2) is 45.5 Å². The van der Waals surface area contributed by atoms with Crippen LogP contribution < -0.4 is 0 Å². The number of hydrogen-bond donors (Lipinski definition) is 1. The molecule has 0 aliphatic rings. The van der Waals surface area contributed by atoms with Crippen LogP contribution in [0, 0.1) is 11.3 Å². The van der Waals surface area contributed by atoms with Gasteiger partial charge >= 0.3 is 0 Å². The predicted octanol–water partition coefficient (Wildman–Crippen LogP) is 3.98. The smallest absolute Gasteiger partial charge is 0.169 e. The third-order valence-corrected chi connectivity index (χ3v) is 3.07. The molecule has 3 aromatic rings. The molecule has 0 radical (unpaired) electrons. The lowest BCUT2D eigenvalue weighted by Crippen LogP contribution is -1.83. The highest BCUT2D eigenvalue weighted by Crippen LogP contribution is 2.21. The highest BCUT2D eigenvalue weighted by atomic mass is 79.9. The summed E-state index contributed by atoms with van der Waals surface area (Å²) in [4.78, 5) is 7.51. The topological polar surface area (TPSA) is 65.6 Å². The van der Waals surface area contributed by atoms with Crippen LogP contribution in [0.5, 0.6) is 0 Å². The van der Waals surface area contributed by atoms with Gasteiger partial charge in [-0.2, -0.15) is 5.26 Å². The Labute approximate surface area is 117 Å². The van der Waals surface area contributed by atoms with Crippen LogP contribution in [0.3, 0.4) is 0 Å². The molecule has 1 aromatic carbocycles. The summed E-state index contributed by atoms with van der Waals surface area (Å²) in [7, 11) is 0. The molecular weight excluding hydrogens is 306 g/mol. The van der Waals surface area contributed by atoms with Crippen molar-refractivity contribution in [1.82, 2.24) is 9.97 Å². The van der Waals surface area contributed by atoms with Crippen LogP contribution in [0.2, 0.25) is 0 Å². The Balaban J connectivity index is 2.07. The van der Waals surface area contributed by atoms with Crippen molar-refractivity contribution in [3.63, 3.8) is 0 Å². The summed E-state index contributed by atoms with van der Waals surface area (Å²) in [6, 6.07) is 13.3. The third kappa shape index (κ3) is 2.30. The predicted molar refractivity (Wildman–Crippen MR) is 76.0 cm³/mol. The summed E-state index contributed by atoms with van der Waals surface area (Å²) in [5.41, 5.74) is 2.16. The van der Waals surface area contributed by atoms with Crippen molar-refractivity contribution in [1.29, 1.82) is 5.26 Å². The van der Waals surface area contributed by atoms with Crippen LogP contribution >= 0.6 is 15.9 Å². The standard InChI is InChI=1S/C14H8BrN3O/c15-13-6-5-10(19-13)7-9(8-16)14-17-11-3-1-2-4-12(11)18-14/h1-7H,(H,17,18)/b9-7-. The van der Waals surface area contributed by atoms with E-state index in [4.69, 9.17) is 4.42 Å². The van der Waals surface area contributed by atoms with E-state index >= 15 is 0 Å². The zero-order chi connectivity index (χ0) is 13.2. The Morgan fingerprint density at radius 3 is 2.84 bits per heavy atom. The average Bonchev–Trinajstić information content (AvgIpc) is 3.01. The van der Waals surface area contributed by atoms with Gasteiger partial charge in [0.2, 0.25) is 0 Å². The Morgan fingerprint density at radius 2 is 2.16 bits per heavy atom. The van der Waals surface area contributed by atoms with Gasteiger partial charge in [-0.1, -0.05) is 12.1 Å². The fourth-order valence-corrected chi connectivity index (χ4v) is 2.10. The number of benzene rings is 1. The van der Waals surface area contributed by atoms with E-state index < -0.39 is 0 Å². The van der Waals surface area contributed by atoms with E-state index in [0.29, 0.717) is 21.8 Å². The summed E-state index contributed by atoms with van der Waals surface area (Å²) >= 11 is 3.23. The number of imidazole rings is 1. The molecule has 92 valence electrons. The maximum Gasteiger partial charge on any atom is 0.169 e. The Morgan fingerprint density at radius 1 is 1.32 bits per heavy atom. The summed E-state index contributed by atoms with van der Waals surface area (Å²) < 4.78 is 5.98. The molecule has 1 N–H and O–H groups in total. The molecule has 0 atom stereocenters. The molecule has 0 aliphatic carbocycles. The molecular formula is C14H8BrN3O. The van der Waals surface area contributed by atoms with Crippen molar-refractivity contribution in [2.24, 2.45) is 0 Å². The summed E-state index contributed by atoms with van der Waals surface area (Å²) in [5, 5.41) is 9.24. The molecule has 19 heavy (non-hydrogen) atoms. The fraction of sp³-hybridized carbons (Fsp3) is 0. The molecule has 5 heteroatoms. The molecule has 0 spiro atoms. The van der Waals surface area contributed by atoms with Gasteiger partial charge in [-0.25, -0.2) is 4.98 Å². The number of aromatic nitrogens is 2. The summed E-state index contributed by atoms with van der Waals surface area (Å²) in [6.45, 7) is 0. The molecule has 2 heterocycles. The average molecular weight is 314 g/mol. The normalized spacial score (nSPS) is 11.7. The first-order valence-electron chi connectivity index (χ1n) is 5.58. The van der Waals surface area contributed by atoms with E-state index in [0.717, 1.165) is 11.0 Å². The number of rotatable bonds is 2. The molecule has 3 rings (SSSR count). The second-order valence-electron chi connectivity index (χ2n) is 3.91. The van der Waals surface area contributed by atoms with E-state index in [2.05, 4.69) is 32.0 Å². The minimum Gasteiger partial charge on any atom is -0.450 e. The molecule has 0 saturated heterocycles. The zero-order valence-electron chi connectivity index (χ0n) is 9.72. The van der Waals surface area contributed by atoms with Gasteiger partial charge in [-0.3, -0.25) is 0 Å². The minimum absolute atomic E-state index is 0.429. The summed E-state index contributed by atoms with van der Waals surface area (Å²) in [6.07, 6.45) is 1.66. The van der Waals surface area contributed by atoms with Gasteiger partial charge in [0.15, 0.2) is 4.67 Å². The molecule has 2 aromatic heterocycles. The van der Waals surface area contributed by atoms with E-state index in [1.807, 2.05) is 24.3 Å². The number of nitrogens with zero attached hydrogens (tertiary/aromatic N) is 2. The number of nitriles is 1. The highest BCUT2D eigenvalue weighted by Gasteiger charge is 2.08. The second-order valence-corrected chi connectivity index (χ2v) is 4.70. The Bertz CT molecular complexity index is 774. The van der Waals surface area contributed by atoms with Crippen molar-refractivity contribution < 1.29 is 4.42 Å². The number of para-hydroxylation sites is 2. The largest absolute Gasteiger partial charge is 0.450 e. The molecule has 0 fully saturated rings. The van der Waals surface area contributed by atoms with Gasteiger partial charge in [-0.05, 0) is 40.2 Å². The number of halogens is 1. The first kappa shape index (κ1) is 11.8. The van der Waals surface area contributed by atoms with Gasteiger partial charge in [0.1, 0.15) is 17.7 Å². The SMILES string of the molecule is N#C/C(=C/c1ccc(Br)o1)c1nc2ccccc2[nH]1. The van der Waals surface area contributed by atoms with Crippen LogP contribution in [0.1, 0.15) is 11.6 Å². The van der Waals surface area contributed by atoms with Crippen LogP contribution in [0.25, 0.3) is 22.7 Å². The first-order chi connectivity index (χ1) is 9.26. The van der Waals surface area contributed by atoms with Crippen molar-refractivity contribution in [2.45, 2.75) is 0 Å². The zero-order valence-corrected chi connectivity index (χ0v) is 11.3. The molecule has 0 amide bonds. The number of H-pyrrole nitrogens is 1. The lowest BCUT2D eigenvalue weighted by atomic mass is 10.2. The molecule has 0 aliphatic heterocycles. The molecule has 4 nitrogen and oxygen atoms in total. The van der Waals surface area contributed by atoms with Crippen LogP contribution in [0.4, 0.5) is 0 Å². The lowest BCUT2D eigenvalue weighted by molar-refractivity contribution is 0.532. The van der Waals surface area contributed by atoms with Crippen molar-refractivity contribution in [3.8, 4) is 6.07 Å². The highest BCUT2D eigenvalue weighted by molar-refractivity contribution is 9.10. The lowest BCUT2D eigenvalue weighted by Gasteiger charge is -1.91. The minimum atomic E-state index is 0.429. The number of furan rings is 1. The quantitative estimate of drug-likeness (QED) is 0.728. The van der Waals surface area contributed by atoms with Gasteiger partial charge in [0.05, 0.1) is 16.6 Å². The van der Waals surface area contributed by atoms with Gasteiger partial charge in [0.25, 0.3) is 0 Å². The number of allylic oxidation sites excluding steroid dienone is 1. The maximum atomic E-state index is 9.24. The monoisotopic (exact) mass is 313 g/mol. The number of hydrogen-bond acceptors (Lipinski definition) is 3. The van der Waals surface area contributed by atoms with Crippen molar-refractivity contribution in [2.75, 3.05) is 0 Å². The van der Waals surface area contributed by atoms with E-state index in [9.17, 15) is 5.26 Å². The number of nitrogens with one attached hydrogen (secondary N) is 1. The Kier molecular flexibility index (Phi) is 2.94.